The van der Waals surface area contributed by atoms with Crippen LogP contribution in [0.5, 0.6) is 5.75 Å². The van der Waals surface area contributed by atoms with Crippen LogP contribution < -0.4 is 10.5 Å². The van der Waals surface area contributed by atoms with Crippen LogP contribution in [-0.2, 0) is 10.0 Å². The van der Waals surface area contributed by atoms with Gasteiger partial charge in [-0.05, 0) is 43.5 Å². The Morgan fingerprint density at radius 2 is 1.85 bits per heavy atom. The fourth-order valence-electron chi connectivity index (χ4n) is 2.50. The maximum Gasteiger partial charge on any atom is 0.243 e. The van der Waals surface area contributed by atoms with Crippen LogP contribution in [0.3, 0.4) is 0 Å². The Balaban J connectivity index is 0.00000200. The van der Waals surface area contributed by atoms with Gasteiger partial charge in [0.05, 0.1) is 12.0 Å². The van der Waals surface area contributed by atoms with Gasteiger partial charge < -0.3 is 10.5 Å². The van der Waals surface area contributed by atoms with Crippen LogP contribution in [-0.4, -0.2) is 39.0 Å². The quantitative estimate of drug-likeness (QED) is 0.915. The average molecular weight is 321 g/mol. The maximum absolute atomic E-state index is 12.5. The molecule has 1 aliphatic heterocycles. The summed E-state index contributed by atoms with van der Waals surface area (Å²) in [5, 5.41) is 0. The molecule has 0 spiro atoms. The lowest BCUT2D eigenvalue weighted by Gasteiger charge is -2.18. The summed E-state index contributed by atoms with van der Waals surface area (Å²) in [5.74, 6) is 0.733. The van der Waals surface area contributed by atoms with E-state index in [1.54, 1.807) is 19.2 Å². The van der Waals surface area contributed by atoms with E-state index in [0.717, 1.165) is 16.9 Å². The van der Waals surface area contributed by atoms with E-state index in [1.165, 1.54) is 4.31 Å². The van der Waals surface area contributed by atoms with Gasteiger partial charge in [-0.3, -0.25) is 0 Å². The first-order valence-electron chi connectivity index (χ1n) is 6.27. The summed E-state index contributed by atoms with van der Waals surface area (Å²) in [7, 11) is -1.86. The summed E-state index contributed by atoms with van der Waals surface area (Å²) in [6.45, 7) is 4.58. The van der Waals surface area contributed by atoms with Crippen LogP contribution in [0, 0.1) is 13.8 Å². The predicted molar refractivity (Wildman–Crippen MR) is 81.1 cm³/mol. The van der Waals surface area contributed by atoms with E-state index in [-0.39, 0.29) is 18.4 Å². The van der Waals surface area contributed by atoms with E-state index in [1.807, 2.05) is 13.8 Å². The molecule has 0 saturated carbocycles. The summed E-state index contributed by atoms with van der Waals surface area (Å²) < 4.78 is 31.7. The van der Waals surface area contributed by atoms with Crippen molar-refractivity contribution in [2.45, 2.75) is 31.2 Å². The Morgan fingerprint density at radius 3 is 2.25 bits per heavy atom. The number of nitrogens with two attached hydrogens (primary N) is 1. The highest BCUT2D eigenvalue weighted by molar-refractivity contribution is 7.89. The first-order chi connectivity index (χ1) is 8.86. The van der Waals surface area contributed by atoms with Crippen LogP contribution >= 0.6 is 12.4 Å². The molecule has 0 amide bonds. The molecule has 1 heterocycles. The maximum atomic E-state index is 12.5. The van der Waals surface area contributed by atoms with Gasteiger partial charge in [0.2, 0.25) is 10.0 Å². The van der Waals surface area contributed by atoms with Gasteiger partial charge in [0, 0.05) is 19.1 Å². The lowest BCUT2D eigenvalue weighted by molar-refractivity contribution is 0.408. The minimum absolute atomic E-state index is 0. The van der Waals surface area contributed by atoms with Crippen LogP contribution in [0.15, 0.2) is 17.0 Å². The van der Waals surface area contributed by atoms with E-state index >= 15 is 0 Å². The zero-order valence-electron chi connectivity index (χ0n) is 11.9. The van der Waals surface area contributed by atoms with E-state index in [9.17, 15) is 8.42 Å². The molecule has 1 aromatic carbocycles. The molecule has 1 aromatic rings. The molecule has 7 heteroatoms. The number of nitrogens with zero attached hydrogens (tertiary/aromatic N) is 1. The number of benzene rings is 1. The Kier molecular flexibility index (Phi) is 5.43. The molecule has 1 atom stereocenters. The molecule has 1 aliphatic rings. The summed E-state index contributed by atoms with van der Waals surface area (Å²) in [6.07, 6.45) is 0.716. The van der Waals surface area contributed by atoms with Crippen LogP contribution in [0.2, 0.25) is 0 Å². The summed E-state index contributed by atoms with van der Waals surface area (Å²) >= 11 is 0. The van der Waals surface area contributed by atoms with Crippen molar-refractivity contribution in [3.8, 4) is 5.75 Å². The molecule has 0 bridgehead atoms. The van der Waals surface area contributed by atoms with Gasteiger partial charge in [0.1, 0.15) is 5.75 Å². The number of aryl methyl sites for hydroxylation is 2. The van der Waals surface area contributed by atoms with Crippen molar-refractivity contribution >= 4 is 22.4 Å². The third-order valence-corrected chi connectivity index (χ3v) is 5.31. The molecular formula is C13H21ClN2O3S. The standard InChI is InChI=1S/C13H20N2O3S.ClH/c1-9-6-12(7-10(2)13(9)18-3)19(16,17)15-5-4-11(14)8-15;/h6-7,11H,4-5,8,14H2,1-3H3;1H/t11-;/m1./s1. The molecule has 0 radical (unpaired) electrons. The Hall–Kier alpha value is -0.820. The highest BCUT2D eigenvalue weighted by Crippen LogP contribution is 2.29. The van der Waals surface area contributed by atoms with Crippen molar-refractivity contribution in [1.82, 2.24) is 4.31 Å². The first kappa shape index (κ1) is 17.2. The second kappa shape index (κ2) is 6.30. The van der Waals surface area contributed by atoms with Crippen molar-refractivity contribution in [3.05, 3.63) is 23.3 Å². The topological polar surface area (TPSA) is 72.6 Å². The fourth-order valence-corrected chi connectivity index (χ4v) is 4.19. The normalized spacial score (nSPS) is 19.7. The van der Waals surface area contributed by atoms with Crippen molar-refractivity contribution in [1.29, 1.82) is 0 Å². The second-order valence-electron chi connectivity index (χ2n) is 5.00. The molecule has 20 heavy (non-hydrogen) atoms. The van der Waals surface area contributed by atoms with Crippen molar-refractivity contribution in [3.63, 3.8) is 0 Å². The highest BCUT2D eigenvalue weighted by atomic mass is 35.5. The molecule has 0 unspecified atom stereocenters. The van der Waals surface area contributed by atoms with Crippen molar-refractivity contribution in [2.24, 2.45) is 5.73 Å². The van der Waals surface area contributed by atoms with Crippen LogP contribution in [0.25, 0.3) is 0 Å². The minimum atomic E-state index is -3.44. The SMILES string of the molecule is COc1c(C)cc(S(=O)(=O)N2CC[C@@H](N)C2)cc1C.Cl. The van der Waals surface area contributed by atoms with Gasteiger partial charge in [-0.2, -0.15) is 4.31 Å². The number of sulfonamides is 1. The van der Waals surface area contributed by atoms with Gasteiger partial charge in [-0.15, -0.1) is 12.4 Å². The minimum Gasteiger partial charge on any atom is -0.496 e. The molecule has 1 fully saturated rings. The lowest BCUT2D eigenvalue weighted by Crippen LogP contribution is -2.32. The molecule has 1 saturated heterocycles. The average Bonchev–Trinajstić information content (AvgIpc) is 2.76. The van der Waals surface area contributed by atoms with Crippen LogP contribution in [0.4, 0.5) is 0 Å². The summed E-state index contributed by atoms with van der Waals surface area (Å²) in [5.41, 5.74) is 7.43. The fraction of sp³-hybridized carbons (Fsp3) is 0.538. The number of halogens is 1. The van der Waals surface area contributed by atoms with E-state index in [0.29, 0.717) is 24.4 Å². The Bertz CT molecular complexity index is 566. The van der Waals surface area contributed by atoms with Gasteiger partial charge in [-0.1, -0.05) is 0 Å². The Morgan fingerprint density at radius 1 is 1.30 bits per heavy atom. The first-order valence-corrected chi connectivity index (χ1v) is 7.71. The molecule has 0 aromatic heterocycles. The largest absolute Gasteiger partial charge is 0.496 e. The van der Waals surface area contributed by atoms with Crippen LogP contribution in [0.1, 0.15) is 17.5 Å². The number of hydrogen-bond acceptors (Lipinski definition) is 4. The summed E-state index contributed by atoms with van der Waals surface area (Å²) in [6, 6.07) is 3.26. The molecule has 2 rings (SSSR count). The van der Waals surface area contributed by atoms with Gasteiger partial charge in [0.15, 0.2) is 0 Å². The predicted octanol–water partition coefficient (Wildman–Crippen LogP) is 1.46. The molecule has 0 aliphatic carbocycles. The number of ether oxygens (including phenoxy) is 1. The van der Waals surface area contributed by atoms with E-state index < -0.39 is 10.0 Å². The number of hydrogen-bond donors (Lipinski definition) is 1. The van der Waals surface area contributed by atoms with E-state index in [2.05, 4.69) is 0 Å². The van der Waals surface area contributed by atoms with Gasteiger partial charge >= 0.3 is 0 Å². The smallest absolute Gasteiger partial charge is 0.243 e. The zero-order chi connectivity index (χ0) is 14.2. The third kappa shape index (κ3) is 3.09. The van der Waals surface area contributed by atoms with Gasteiger partial charge in [-0.25, -0.2) is 8.42 Å². The number of rotatable bonds is 3. The molecule has 114 valence electrons. The molecule has 5 nitrogen and oxygen atoms in total. The van der Waals surface area contributed by atoms with E-state index in [4.69, 9.17) is 10.5 Å². The van der Waals surface area contributed by atoms with Crippen molar-refractivity contribution < 1.29 is 13.2 Å². The van der Waals surface area contributed by atoms with Crippen molar-refractivity contribution in [2.75, 3.05) is 20.2 Å². The lowest BCUT2D eigenvalue weighted by atomic mass is 10.1. The number of methoxy groups -OCH3 is 1. The summed E-state index contributed by atoms with van der Waals surface area (Å²) in [4.78, 5) is 0.317. The highest BCUT2D eigenvalue weighted by Gasteiger charge is 2.31. The zero-order valence-corrected chi connectivity index (χ0v) is 13.6. The molecule has 2 N–H and O–H groups in total. The molecular weight excluding hydrogens is 300 g/mol. The monoisotopic (exact) mass is 320 g/mol. The second-order valence-corrected chi connectivity index (χ2v) is 6.94. The van der Waals surface area contributed by atoms with Gasteiger partial charge in [0.25, 0.3) is 0 Å². The third-order valence-electron chi connectivity index (χ3n) is 3.46. The Labute approximate surface area is 126 Å².